The molecule has 0 aromatic heterocycles. The quantitative estimate of drug-likeness (QED) is 0.925. The van der Waals surface area contributed by atoms with E-state index in [1.807, 2.05) is 17.2 Å². The van der Waals surface area contributed by atoms with Crippen molar-refractivity contribution in [2.75, 3.05) is 31.1 Å². The van der Waals surface area contributed by atoms with Gasteiger partial charge in [0, 0.05) is 38.1 Å². The summed E-state index contributed by atoms with van der Waals surface area (Å²) in [6.45, 7) is 5.48. The lowest BCUT2D eigenvalue weighted by Gasteiger charge is -2.35. The molecule has 23 heavy (non-hydrogen) atoms. The molecular formula is C19H27N3O. The Morgan fingerprint density at radius 2 is 1.74 bits per heavy atom. The number of allylic oxidation sites excluding steroid dienone is 1. The molecule has 4 nitrogen and oxygen atoms in total. The van der Waals surface area contributed by atoms with Gasteiger partial charge in [0.2, 0.25) is 0 Å². The number of piperazine rings is 1. The van der Waals surface area contributed by atoms with Gasteiger partial charge in [-0.2, -0.15) is 0 Å². The van der Waals surface area contributed by atoms with Crippen LogP contribution in [0.4, 0.5) is 10.5 Å². The molecule has 0 radical (unpaired) electrons. The number of rotatable bonds is 3. The van der Waals surface area contributed by atoms with Gasteiger partial charge >= 0.3 is 6.03 Å². The first-order valence-electron chi connectivity index (χ1n) is 8.76. The molecule has 0 atom stereocenters. The van der Waals surface area contributed by atoms with Crippen LogP contribution in [0.1, 0.15) is 32.6 Å². The summed E-state index contributed by atoms with van der Waals surface area (Å²) in [5.41, 5.74) is 2.56. The van der Waals surface area contributed by atoms with Crippen LogP contribution in [0.25, 0.3) is 0 Å². The number of nitrogens with one attached hydrogen (secondary N) is 1. The van der Waals surface area contributed by atoms with Gasteiger partial charge in [0.05, 0.1) is 0 Å². The largest absolute Gasteiger partial charge is 0.368 e. The van der Waals surface area contributed by atoms with Gasteiger partial charge in [-0.25, -0.2) is 4.79 Å². The van der Waals surface area contributed by atoms with Gasteiger partial charge in [0.1, 0.15) is 0 Å². The molecule has 4 heteroatoms. The van der Waals surface area contributed by atoms with Crippen molar-refractivity contribution in [1.82, 2.24) is 10.2 Å². The summed E-state index contributed by atoms with van der Waals surface area (Å²) in [6, 6.07) is 10.4. The predicted molar refractivity (Wildman–Crippen MR) is 94.5 cm³/mol. The van der Waals surface area contributed by atoms with E-state index in [-0.39, 0.29) is 6.03 Å². The molecule has 1 aromatic carbocycles. The molecule has 3 rings (SSSR count). The fourth-order valence-electron chi connectivity index (χ4n) is 3.57. The lowest BCUT2D eigenvalue weighted by Crippen LogP contribution is -2.51. The van der Waals surface area contributed by atoms with Crippen LogP contribution in [0.5, 0.6) is 0 Å². The topological polar surface area (TPSA) is 35.6 Å². The zero-order chi connectivity index (χ0) is 16.1. The third kappa shape index (κ3) is 4.06. The van der Waals surface area contributed by atoms with Crippen LogP contribution < -0.4 is 10.2 Å². The molecule has 0 spiro atoms. The van der Waals surface area contributed by atoms with Gasteiger partial charge in [0.15, 0.2) is 0 Å². The normalized spacial score (nSPS) is 20.0. The van der Waals surface area contributed by atoms with Crippen LogP contribution in [0.15, 0.2) is 42.1 Å². The second-order valence-electron chi connectivity index (χ2n) is 6.63. The van der Waals surface area contributed by atoms with Gasteiger partial charge in [-0.3, -0.25) is 0 Å². The highest BCUT2D eigenvalue weighted by Gasteiger charge is 2.21. The van der Waals surface area contributed by atoms with Crippen LogP contribution in [-0.4, -0.2) is 37.1 Å². The van der Waals surface area contributed by atoms with Crippen LogP contribution in [0.3, 0.4) is 0 Å². The molecule has 1 heterocycles. The summed E-state index contributed by atoms with van der Waals surface area (Å²) in [6.07, 6.45) is 7.13. The van der Waals surface area contributed by atoms with Crippen molar-refractivity contribution in [2.24, 2.45) is 5.92 Å². The Hall–Kier alpha value is -1.97. The second kappa shape index (κ2) is 7.53. The number of anilines is 1. The molecule has 1 saturated heterocycles. The number of urea groups is 1. The number of benzene rings is 1. The zero-order valence-corrected chi connectivity index (χ0v) is 14.0. The third-order valence-corrected chi connectivity index (χ3v) is 5.11. The Balaban J connectivity index is 1.47. The highest BCUT2D eigenvalue weighted by Crippen LogP contribution is 2.30. The van der Waals surface area contributed by atoms with E-state index in [1.165, 1.54) is 36.9 Å². The standard InChI is InChI=1S/C19H27N3O/c1-16(17-7-5-6-8-17)15-20-19(23)22-13-11-21(12-14-22)18-9-3-2-4-10-18/h2-4,9-10,15,17H,5-8,11-14H2,1H3,(H,20,23)/b16-15+. The van der Waals surface area contributed by atoms with E-state index in [1.54, 1.807) is 0 Å². The van der Waals surface area contributed by atoms with Crippen molar-refractivity contribution in [3.8, 4) is 0 Å². The second-order valence-corrected chi connectivity index (χ2v) is 6.63. The van der Waals surface area contributed by atoms with E-state index in [4.69, 9.17) is 0 Å². The van der Waals surface area contributed by atoms with Crippen LogP contribution in [0, 0.1) is 5.92 Å². The molecule has 0 bridgehead atoms. The molecule has 1 N–H and O–H groups in total. The van der Waals surface area contributed by atoms with E-state index < -0.39 is 0 Å². The fourth-order valence-corrected chi connectivity index (χ4v) is 3.57. The molecule has 1 aromatic rings. The van der Waals surface area contributed by atoms with Crippen molar-refractivity contribution < 1.29 is 4.79 Å². The van der Waals surface area contributed by atoms with Crippen molar-refractivity contribution >= 4 is 11.7 Å². The van der Waals surface area contributed by atoms with Crippen molar-refractivity contribution in [3.05, 3.63) is 42.1 Å². The number of carbonyl (C=O) groups is 1. The molecular weight excluding hydrogens is 286 g/mol. The summed E-state index contributed by atoms with van der Waals surface area (Å²) >= 11 is 0. The maximum atomic E-state index is 12.3. The monoisotopic (exact) mass is 313 g/mol. The highest BCUT2D eigenvalue weighted by atomic mass is 16.2. The molecule has 2 amide bonds. The Morgan fingerprint density at radius 3 is 2.39 bits per heavy atom. The summed E-state index contributed by atoms with van der Waals surface area (Å²) in [5, 5.41) is 2.99. The lowest BCUT2D eigenvalue weighted by atomic mass is 10.0. The Kier molecular flexibility index (Phi) is 5.21. The third-order valence-electron chi connectivity index (χ3n) is 5.11. The van der Waals surface area contributed by atoms with Gasteiger partial charge in [-0.05, 0) is 37.8 Å². The first-order chi connectivity index (χ1) is 11.2. The summed E-state index contributed by atoms with van der Waals surface area (Å²) < 4.78 is 0. The molecule has 1 saturated carbocycles. The first-order valence-corrected chi connectivity index (χ1v) is 8.76. The zero-order valence-electron chi connectivity index (χ0n) is 14.0. The Morgan fingerprint density at radius 1 is 1.09 bits per heavy atom. The van der Waals surface area contributed by atoms with Gasteiger partial charge in [-0.15, -0.1) is 0 Å². The van der Waals surface area contributed by atoms with E-state index >= 15 is 0 Å². The van der Waals surface area contributed by atoms with Crippen molar-refractivity contribution in [2.45, 2.75) is 32.6 Å². The summed E-state index contributed by atoms with van der Waals surface area (Å²) in [7, 11) is 0. The first kappa shape index (κ1) is 15.9. The molecule has 124 valence electrons. The number of hydrogen-bond acceptors (Lipinski definition) is 2. The smallest absolute Gasteiger partial charge is 0.321 e. The fraction of sp³-hybridized carbons (Fsp3) is 0.526. The highest BCUT2D eigenvalue weighted by molar-refractivity contribution is 5.75. The minimum atomic E-state index is 0.0371. The van der Waals surface area contributed by atoms with Gasteiger partial charge in [-0.1, -0.05) is 36.6 Å². The number of hydrogen-bond donors (Lipinski definition) is 1. The number of carbonyl (C=O) groups excluding carboxylic acids is 1. The molecule has 2 fully saturated rings. The van der Waals surface area contributed by atoms with Crippen LogP contribution in [0.2, 0.25) is 0 Å². The van der Waals surface area contributed by atoms with Gasteiger partial charge in [0.25, 0.3) is 0 Å². The van der Waals surface area contributed by atoms with Crippen molar-refractivity contribution in [1.29, 1.82) is 0 Å². The maximum absolute atomic E-state index is 12.3. The van der Waals surface area contributed by atoms with E-state index in [2.05, 4.69) is 41.4 Å². The molecule has 2 aliphatic rings. The predicted octanol–water partition coefficient (Wildman–Crippen LogP) is 3.61. The summed E-state index contributed by atoms with van der Waals surface area (Å²) in [5.74, 6) is 0.672. The molecule has 1 aliphatic carbocycles. The minimum Gasteiger partial charge on any atom is -0.368 e. The summed E-state index contributed by atoms with van der Waals surface area (Å²) in [4.78, 5) is 16.6. The Bertz CT molecular complexity index is 541. The number of para-hydroxylation sites is 1. The average molecular weight is 313 g/mol. The average Bonchev–Trinajstić information content (AvgIpc) is 3.15. The van der Waals surface area contributed by atoms with E-state index in [0.717, 1.165) is 26.2 Å². The van der Waals surface area contributed by atoms with Crippen molar-refractivity contribution in [3.63, 3.8) is 0 Å². The van der Waals surface area contributed by atoms with Crippen LogP contribution in [-0.2, 0) is 0 Å². The van der Waals surface area contributed by atoms with Crippen LogP contribution >= 0.6 is 0 Å². The maximum Gasteiger partial charge on any atom is 0.321 e. The minimum absolute atomic E-state index is 0.0371. The number of amides is 2. The van der Waals surface area contributed by atoms with E-state index in [9.17, 15) is 4.79 Å². The Labute approximate surface area is 139 Å². The molecule has 0 unspecified atom stereocenters. The SMILES string of the molecule is C/C(=C\NC(=O)N1CCN(c2ccccc2)CC1)C1CCCC1. The molecule has 1 aliphatic heterocycles. The lowest BCUT2D eigenvalue weighted by molar-refractivity contribution is 0.198. The van der Waals surface area contributed by atoms with Gasteiger partial charge < -0.3 is 15.1 Å². The van der Waals surface area contributed by atoms with E-state index in [0.29, 0.717) is 5.92 Å². The number of nitrogens with zero attached hydrogens (tertiary/aromatic N) is 2.